The average molecular weight is 773 g/mol. The van der Waals surface area contributed by atoms with Crippen LogP contribution in [0.5, 0.6) is 17.2 Å². The molecule has 0 spiro atoms. The van der Waals surface area contributed by atoms with Crippen molar-refractivity contribution in [1.29, 1.82) is 0 Å². The Hall–Kier alpha value is -4.85. The fourth-order valence-electron chi connectivity index (χ4n) is 6.87. The first-order valence-corrected chi connectivity index (χ1v) is 22.2. The third-order valence-corrected chi connectivity index (χ3v) is 17.2. The Bertz CT molecular complexity index is 2440. The van der Waals surface area contributed by atoms with Crippen LogP contribution in [-0.4, -0.2) is 57.7 Å². The molecule has 2 heterocycles. The number of carbonyl (C=O) groups is 1. The molecule has 1 aliphatic carbocycles. The van der Waals surface area contributed by atoms with E-state index in [1.54, 1.807) is 61.7 Å². The summed E-state index contributed by atoms with van der Waals surface area (Å²) in [5.74, 6) is -0.332. The van der Waals surface area contributed by atoms with Crippen LogP contribution in [-0.2, 0) is 45.2 Å². The average Bonchev–Trinajstić information content (AvgIpc) is 3.41. The van der Waals surface area contributed by atoms with Gasteiger partial charge in [-0.1, -0.05) is 44.5 Å². The predicted octanol–water partition coefficient (Wildman–Crippen LogP) is 7.58. The Kier molecular flexibility index (Phi) is 10.4. The van der Waals surface area contributed by atoms with E-state index in [4.69, 9.17) is 18.6 Å². The molecule has 13 heteroatoms. The summed E-state index contributed by atoms with van der Waals surface area (Å²) in [5.41, 5.74) is 3.68. The summed E-state index contributed by atoms with van der Waals surface area (Å²) in [6.45, 7) is 12.6. The molecule has 11 nitrogen and oxygen atoms in total. The normalized spacial score (nSPS) is 13.3. The highest BCUT2D eigenvalue weighted by molar-refractivity contribution is 7.90. The van der Waals surface area contributed by atoms with Gasteiger partial charge >= 0.3 is 5.97 Å². The molecule has 0 amide bonds. The zero-order valence-electron chi connectivity index (χ0n) is 32.3. The number of methoxy groups -OCH3 is 3. The van der Waals surface area contributed by atoms with E-state index in [2.05, 4.69) is 33.9 Å². The molecule has 3 aromatic carbocycles. The second kappa shape index (κ2) is 14.4. The highest BCUT2D eigenvalue weighted by Crippen LogP contribution is 2.43. The van der Waals surface area contributed by atoms with Gasteiger partial charge in [-0.3, -0.25) is 4.79 Å². The number of pyridine rings is 1. The minimum absolute atomic E-state index is 0.00942. The molecular formula is C41H48N2O9SSi. The van der Waals surface area contributed by atoms with Gasteiger partial charge in [0.05, 0.1) is 56.3 Å². The number of benzene rings is 3. The molecule has 286 valence electrons. The summed E-state index contributed by atoms with van der Waals surface area (Å²) in [7, 11) is -2.16. The van der Waals surface area contributed by atoms with Crippen LogP contribution in [0.15, 0.2) is 70.4 Å². The van der Waals surface area contributed by atoms with E-state index in [1.807, 2.05) is 13.0 Å². The standard InChI is InChI=1S/C41H48N2O9SSi/c1-25-13-17-29(18-14-25)53(47,48)43-27(24-52-54(8,9)41(2,3)4)21-33-30-11-10-12-32-37(31(30)19-20-34(33)43)42(39(45)36(38(32)44)40(46)51-7)23-26-15-16-28(49-5)22-35(26)50-6/h13-22,44H,10-12,23-24H2,1-9H3. The first-order valence-electron chi connectivity index (χ1n) is 17.9. The van der Waals surface area contributed by atoms with Gasteiger partial charge < -0.3 is 28.3 Å². The smallest absolute Gasteiger partial charge is 0.347 e. The van der Waals surface area contributed by atoms with Gasteiger partial charge in [0.15, 0.2) is 13.9 Å². The van der Waals surface area contributed by atoms with Gasteiger partial charge in [-0.2, -0.15) is 0 Å². The number of hydrogen-bond acceptors (Lipinski definition) is 9. The van der Waals surface area contributed by atoms with Gasteiger partial charge in [0.2, 0.25) is 0 Å². The SMILES string of the molecule is COC(=O)c1c(O)c2c(n(Cc3ccc(OC)cc3OC)c1=O)-c1ccc3c(cc(CO[Si](C)(C)C(C)(C)C)n3S(=O)(=O)c3ccc(C)cc3)c1CCC2. The number of rotatable bonds is 10. The Labute approximate surface area is 317 Å². The van der Waals surface area contributed by atoms with Crippen LogP contribution in [0.4, 0.5) is 0 Å². The largest absolute Gasteiger partial charge is 0.506 e. The molecule has 1 aliphatic rings. The van der Waals surface area contributed by atoms with Gasteiger partial charge in [0.25, 0.3) is 15.6 Å². The van der Waals surface area contributed by atoms with E-state index >= 15 is 0 Å². The molecule has 0 aliphatic heterocycles. The van der Waals surface area contributed by atoms with Crippen molar-refractivity contribution >= 4 is 35.2 Å². The highest BCUT2D eigenvalue weighted by Gasteiger charge is 2.38. The highest BCUT2D eigenvalue weighted by atomic mass is 32.2. The molecule has 0 saturated heterocycles. The summed E-state index contributed by atoms with van der Waals surface area (Å²) in [4.78, 5) is 27.5. The Morgan fingerprint density at radius 1 is 0.926 bits per heavy atom. The quantitative estimate of drug-likeness (QED) is 0.113. The zero-order chi connectivity index (χ0) is 39.3. The molecule has 0 atom stereocenters. The first kappa shape index (κ1) is 38.9. The third-order valence-electron chi connectivity index (χ3n) is 10.9. The first-order chi connectivity index (χ1) is 25.4. The van der Waals surface area contributed by atoms with Gasteiger partial charge in [-0.15, -0.1) is 0 Å². The van der Waals surface area contributed by atoms with Crippen LogP contribution in [0.1, 0.15) is 65.5 Å². The molecule has 0 bridgehead atoms. The second-order valence-corrected chi connectivity index (χ2v) is 21.9. The van der Waals surface area contributed by atoms with Crippen molar-refractivity contribution in [3.63, 3.8) is 0 Å². The number of aromatic hydroxyl groups is 1. The van der Waals surface area contributed by atoms with Gasteiger partial charge in [0, 0.05) is 28.1 Å². The predicted molar refractivity (Wildman–Crippen MR) is 211 cm³/mol. The number of aryl methyl sites for hydroxylation is 2. The molecular weight excluding hydrogens is 725 g/mol. The fourth-order valence-corrected chi connectivity index (χ4v) is 9.34. The minimum atomic E-state index is -4.08. The zero-order valence-corrected chi connectivity index (χ0v) is 34.1. The Morgan fingerprint density at radius 2 is 1.61 bits per heavy atom. The van der Waals surface area contributed by atoms with E-state index in [0.717, 1.165) is 18.2 Å². The van der Waals surface area contributed by atoms with E-state index in [-0.39, 0.29) is 23.1 Å². The maximum Gasteiger partial charge on any atom is 0.347 e. The van der Waals surface area contributed by atoms with Crippen molar-refractivity contribution in [3.8, 4) is 28.5 Å². The molecule has 0 fully saturated rings. The molecule has 54 heavy (non-hydrogen) atoms. The van der Waals surface area contributed by atoms with Crippen molar-refractivity contribution in [2.24, 2.45) is 0 Å². The maximum atomic E-state index is 14.6. The number of carbonyl (C=O) groups excluding carboxylic acids is 1. The second-order valence-electron chi connectivity index (χ2n) is 15.3. The summed E-state index contributed by atoms with van der Waals surface area (Å²) in [6, 6.07) is 17.5. The molecule has 0 unspecified atom stereocenters. The van der Waals surface area contributed by atoms with E-state index in [1.165, 1.54) is 15.6 Å². The number of aromatic nitrogens is 2. The number of nitrogens with zero attached hydrogens (tertiary/aromatic N) is 2. The van der Waals surface area contributed by atoms with Crippen molar-refractivity contribution in [2.75, 3.05) is 21.3 Å². The lowest BCUT2D eigenvalue weighted by molar-refractivity contribution is 0.0594. The number of ether oxygens (including phenoxy) is 3. The van der Waals surface area contributed by atoms with Gasteiger partial charge in [-0.05, 0) is 86.3 Å². The molecule has 2 aromatic heterocycles. The maximum absolute atomic E-state index is 14.6. The van der Waals surface area contributed by atoms with Crippen LogP contribution in [0.25, 0.3) is 22.2 Å². The molecule has 0 saturated carbocycles. The van der Waals surface area contributed by atoms with Gasteiger partial charge in [-0.25, -0.2) is 17.2 Å². The van der Waals surface area contributed by atoms with Crippen LogP contribution in [0.2, 0.25) is 18.1 Å². The topological polar surface area (TPSA) is 135 Å². The van der Waals surface area contributed by atoms with Crippen molar-refractivity contribution in [1.82, 2.24) is 8.54 Å². The lowest BCUT2D eigenvalue weighted by Crippen LogP contribution is -2.40. The third kappa shape index (κ3) is 6.73. The fraction of sp³-hybridized carbons (Fsp3) is 0.366. The lowest BCUT2D eigenvalue weighted by Gasteiger charge is -2.36. The van der Waals surface area contributed by atoms with E-state index in [0.29, 0.717) is 69.7 Å². The van der Waals surface area contributed by atoms with Crippen LogP contribution in [0, 0.1) is 6.92 Å². The Morgan fingerprint density at radius 3 is 2.24 bits per heavy atom. The minimum Gasteiger partial charge on any atom is -0.506 e. The summed E-state index contributed by atoms with van der Waals surface area (Å²) in [6.07, 6.45) is 1.39. The van der Waals surface area contributed by atoms with Crippen LogP contribution >= 0.6 is 0 Å². The molecule has 6 rings (SSSR count). The molecule has 5 aromatic rings. The Balaban J connectivity index is 1.64. The number of fused-ring (bicyclic) bond motifs is 5. The molecule has 0 radical (unpaired) electrons. The van der Waals surface area contributed by atoms with E-state index < -0.39 is 41.2 Å². The van der Waals surface area contributed by atoms with E-state index in [9.17, 15) is 23.1 Å². The van der Waals surface area contributed by atoms with Crippen molar-refractivity contribution < 1.29 is 37.0 Å². The lowest BCUT2D eigenvalue weighted by atomic mass is 9.96. The van der Waals surface area contributed by atoms with Crippen molar-refractivity contribution in [2.45, 2.75) is 83.1 Å². The van der Waals surface area contributed by atoms with Gasteiger partial charge in [0.1, 0.15) is 17.2 Å². The van der Waals surface area contributed by atoms with Crippen molar-refractivity contribution in [3.05, 3.63) is 105 Å². The monoisotopic (exact) mass is 772 g/mol. The summed E-state index contributed by atoms with van der Waals surface area (Å²) < 4.78 is 54.6. The van der Waals surface area contributed by atoms with Crippen LogP contribution in [0.3, 0.4) is 0 Å². The summed E-state index contributed by atoms with van der Waals surface area (Å²) in [5, 5.41) is 12.2. The number of esters is 1. The summed E-state index contributed by atoms with van der Waals surface area (Å²) >= 11 is 0. The van der Waals surface area contributed by atoms with Crippen LogP contribution < -0.4 is 15.0 Å². The number of hydrogen-bond donors (Lipinski definition) is 1. The molecule has 1 N–H and O–H groups in total.